The van der Waals surface area contributed by atoms with Crippen molar-refractivity contribution in [3.05, 3.63) is 54.1 Å². The van der Waals surface area contributed by atoms with E-state index in [1.165, 1.54) is 0 Å². The summed E-state index contributed by atoms with van der Waals surface area (Å²) in [5.41, 5.74) is 1.73. The van der Waals surface area contributed by atoms with Gasteiger partial charge < -0.3 is 19.7 Å². The highest BCUT2D eigenvalue weighted by molar-refractivity contribution is 7.99. The SMILES string of the molecule is COc1ccc(NC(=O)C2CSCN2C(=O)COc2cccc(C)c2)cc1. The van der Waals surface area contributed by atoms with Gasteiger partial charge in [0.2, 0.25) is 5.91 Å². The number of thioether (sulfide) groups is 1. The van der Waals surface area contributed by atoms with Crippen LogP contribution in [0.15, 0.2) is 48.5 Å². The van der Waals surface area contributed by atoms with Gasteiger partial charge in [-0.2, -0.15) is 0 Å². The van der Waals surface area contributed by atoms with E-state index in [4.69, 9.17) is 9.47 Å². The summed E-state index contributed by atoms with van der Waals surface area (Å²) in [6.45, 7) is 1.88. The van der Waals surface area contributed by atoms with Crippen LogP contribution in [0.2, 0.25) is 0 Å². The van der Waals surface area contributed by atoms with Gasteiger partial charge in [-0.25, -0.2) is 0 Å². The number of benzene rings is 2. The molecule has 1 aliphatic rings. The molecule has 1 aliphatic heterocycles. The molecule has 0 bridgehead atoms. The largest absolute Gasteiger partial charge is 0.497 e. The fourth-order valence-electron chi connectivity index (χ4n) is 2.74. The number of hydrogen-bond acceptors (Lipinski definition) is 5. The Balaban J connectivity index is 1.58. The predicted octanol–water partition coefficient (Wildman–Crippen LogP) is 2.92. The lowest BCUT2D eigenvalue weighted by Crippen LogP contribution is -2.46. The topological polar surface area (TPSA) is 67.9 Å². The second-order valence-corrected chi connectivity index (χ2v) is 7.20. The molecule has 2 aromatic carbocycles. The Labute approximate surface area is 162 Å². The average Bonchev–Trinajstić information content (AvgIpc) is 3.17. The van der Waals surface area contributed by atoms with Crippen molar-refractivity contribution in [2.24, 2.45) is 0 Å². The van der Waals surface area contributed by atoms with E-state index in [1.54, 1.807) is 48.0 Å². The smallest absolute Gasteiger partial charge is 0.261 e. The van der Waals surface area contributed by atoms with E-state index in [0.29, 0.717) is 23.1 Å². The van der Waals surface area contributed by atoms with Crippen LogP contribution in [0.3, 0.4) is 0 Å². The number of carbonyl (C=O) groups is 2. The van der Waals surface area contributed by atoms with Crippen LogP contribution in [0.1, 0.15) is 5.56 Å². The van der Waals surface area contributed by atoms with Crippen LogP contribution in [0.4, 0.5) is 5.69 Å². The maximum atomic E-state index is 12.6. The quantitative estimate of drug-likeness (QED) is 0.827. The van der Waals surface area contributed by atoms with Crippen LogP contribution in [0.5, 0.6) is 11.5 Å². The number of methoxy groups -OCH3 is 1. The summed E-state index contributed by atoms with van der Waals surface area (Å²) < 4.78 is 10.7. The molecular weight excluding hydrogens is 364 g/mol. The summed E-state index contributed by atoms with van der Waals surface area (Å²) >= 11 is 1.56. The Morgan fingerprint density at radius 3 is 2.67 bits per heavy atom. The van der Waals surface area contributed by atoms with E-state index in [2.05, 4.69) is 5.32 Å². The van der Waals surface area contributed by atoms with Crippen molar-refractivity contribution < 1.29 is 19.1 Å². The number of ether oxygens (including phenoxy) is 2. The van der Waals surface area contributed by atoms with Gasteiger partial charge in [0.15, 0.2) is 6.61 Å². The molecule has 6 nitrogen and oxygen atoms in total. The number of nitrogens with zero attached hydrogens (tertiary/aromatic N) is 1. The fourth-order valence-corrected chi connectivity index (χ4v) is 3.92. The molecule has 27 heavy (non-hydrogen) atoms. The lowest BCUT2D eigenvalue weighted by molar-refractivity contribution is -0.137. The number of amides is 2. The predicted molar refractivity (Wildman–Crippen MR) is 106 cm³/mol. The lowest BCUT2D eigenvalue weighted by Gasteiger charge is -2.23. The monoisotopic (exact) mass is 386 g/mol. The Kier molecular flexibility index (Phi) is 6.24. The zero-order chi connectivity index (χ0) is 19.2. The molecule has 1 fully saturated rings. The normalized spacial score (nSPS) is 16.1. The first-order valence-electron chi connectivity index (χ1n) is 8.58. The first kappa shape index (κ1) is 19.1. The van der Waals surface area contributed by atoms with Crippen molar-refractivity contribution in [1.29, 1.82) is 0 Å². The first-order valence-corrected chi connectivity index (χ1v) is 9.74. The molecule has 142 valence electrons. The van der Waals surface area contributed by atoms with E-state index in [0.717, 1.165) is 11.3 Å². The van der Waals surface area contributed by atoms with Gasteiger partial charge in [-0.3, -0.25) is 9.59 Å². The van der Waals surface area contributed by atoms with Crippen molar-refractivity contribution in [3.8, 4) is 11.5 Å². The van der Waals surface area contributed by atoms with Crippen LogP contribution in [0.25, 0.3) is 0 Å². The number of rotatable bonds is 6. The van der Waals surface area contributed by atoms with Crippen molar-refractivity contribution in [2.75, 3.05) is 30.7 Å². The summed E-state index contributed by atoms with van der Waals surface area (Å²) in [7, 11) is 1.59. The summed E-state index contributed by atoms with van der Waals surface area (Å²) in [6, 6.07) is 14.1. The highest BCUT2D eigenvalue weighted by Crippen LogP contribution is 2.23. The molecule has 1 heterocycles. The highest BCUT2D eigenvalue weighted by atomic mass is 32.2. The van der Waals surface area contributed by atoms with Gasteiger partial charge >= 0.3 is 0 Å². The molecule has 1 unspecified atom stereocenters. The Hall–Kier alpha value is -2.67. The third kappa shape index (κ3) is 4.95. The van der Waals surface area contributed by atoms with Crippen molar-refractivity contribution in [1.82, 2.24) is 4.90 Å². The van der Waals surface area contributed by atoms with Crippen LogP contribution in [-0.4, -0.2) is 48.1 Å². The third-order valence-electron chi connectivity index (χ3n) is 4.21. The Morgan fingerprint density at radius 1 is 1.19 bits per heavy atom. The molecule has 2 amide bonds. The number of carbonyl (C=O) groups excluding carboxylic acids is 2. The molecular formula is C20H22N2O4S. The van der Waals surface area contributed by atoms with Gasteiger partial charge in [0.25, 0.3) is 5.91 Å². The molecule has 1 N–H and O–H groups in total. The minimum atomic E-state index is -0.509. The van der Waals surface area contributed by atoms with E-state index in [-0.39, 0.29) is 18.4 Å². The second-order valence-electron chi connectivity index (χ2n) is 6.20. The Morgan fingerprint density at radius 2 is 1.96 bits per heavy atom. The number of aryl methyl sites for hydroxylation is 1. The first-order chi connectivity index (χ1) is 13.1. The molecule has 2 aromatic rings. The standard InChI is InChI=1S/C20H22N2O4S/c1-14-4-3-5-17(10-14)26-11-19(23)22-13-27-12-18(22)20(24)21-15-6-8-16(25-2)9-7-15/h3-10,18H,11-13H2,1-2H3,(H,21,24). The average molecular weight is 386 g/mol. The zero-order valence-corrected chi connectivity index (χ0v) is 16.1. The minimum absolute atomic E-state index is 0.0870. The maximum absolute atomic E-state index is 12.6. The van der Waals surface area contributed by atoms with E-state index in [9.17, 15) is 9.59 Å². The molecule has 0 aromatic heterocycles. The second kappa shape index (κ2) is 8.81. The van der Waals surface area contributed by atoms with Gasteiger partial charge in [0, 0.05) is 11.4 Å². The number of hydrogen-bond donors (Lipinski definition) is 1. The molecule has 1 atom stereocenters. The summed E-state index contributed by atoms with van der Waals surface area (Å²) in [5, 5.41) is 2.86. The summed E-state index contributed by atoms with van der Waals surface area (Å²) in [4.78, 5) is 26.7. The molecule has 0 saturated carbocycles. The third-order valence-corrected chi connectivity index (χ3v) is 5.23. The fraction of sp³-hybridized carbons (Fsp3) is 0.300. The number of nitrogens with one attached hydrogen (secondary N) is 1. The van der Waals surface area contributed by atoms with Crippen LogP contribution in [-0.2, 0) is 9.59 Å². The molecule has 0 aliphatic carbocycles. The van der Waals surface area contributed by atoms with E-state index < -0.39 is 6.04 Å². The zero-order valence-electron chi connectivity index (χ0n) is 15.3. The van der Waals surface area contributed by atoms with Crippen molar-refractivity contribution in [2.45, 2.75) is 13.0 Å². The van der Waals surface area contributed by atoms with Gasteiger partial charge in [-0.15, -0.1) is 11.8 Å². The highest BCUT2D eigenvalue weighted by Gasteiger charge is 2.34. The molecule has 0 spiro atoms. The van der Waals surface area contributed by atoms with Crippen molar-refractivity contribution in [3.63, 3.8) is 0 Å². The van der Waals surface area contributed by atoms with Crippen molar-refractivity contribution >= 4 is 29.3 Å². The maximum Gasteiger partial charge on any atom is 0.261 e. The number of anilines is 1. The van der Waals surface area contributed by atoms with Crippen LogP contribution >= 0.6 is 11.8 Å². The van der Waals surface area contributed by atoms with E-state index in [1.807, 2.05) is 31.2 Å². The molecule has 7 heteroatoms. The molecule has 1 saturated heterocycles. The summed E-state index contributed by atoms with van der Waals surface area (Å²) in [5.74, 6) is 2.02. The summed E-state index contributed by atoms with van der Waals surface area (Å²) in [6.07, 6.45) is 0. The van der Waals surface area contributed by atoms with Gasteiger partial charge in [-0.1, -0.05) is 12.1 Å². The van der Waals surface area contributed by atoms with Crippen LogP contribution in [0, 0.1) is 6.92 Å². The van der Waals surface area contributed by atoms with Gasteiger partial charge in [0.05, 0.1) is 13.0 Å². The van der Waals surface area contributed by atoms with Gasteiger partial charge in [0.1, 0.15) is 17.5 Å². The Bertz CT molecular complexity index is 810. The van der Waals surface area contributed by atoms with Gasteiger partial charge in [-0.05, 0) is 48.9 Å². The molecule has 3 rings (SSSR count). The van der Waals surface area contributed by atoms with E-state index >= 15 is 0 Å². The van der Waals surface area contributed by atoms with Crippen LogP contribution < -0.4 is 14.8 Å². The molecule has 0 radical (unpaired) electrons. The minimum Gasteiger partial charge on any atom is -0.497 e. The lowest BCUT2D eigenvalue weighted by atomic mass is 10.2.